The maximum Gasteiger partial charge on any atom is 0.247 e. The fourth-order valence-electron chi connectivity index (χ4n) is 3.29. The SMILES string of the molecule is CCCCCCSc1nnc2c(n1)OC(c1c(F)cccc1Cl)Nc1ccccc1-2. The fraction of sp³-hybridized carbons (Fsp3) is 0.318. The number of unbranched alkanes of at least 4 members (excludes halogenated alkanes) is 3. The molecule has 1 unspecified atom stereocenters. The van der Waals surface area contributed by atoms with Gasteiger partial charge in [0.2, 0.25) is 17.3 Å². The van der Waals surface area contributed by atoms with Gasteiger partial charge in [-0.05, 0) is 24.6 Å². The molecule has 0 amide bonds. The summed E-state index contributed by atoms with van der Waals surface area (Å²) in [5.41, 5.74) is 2.29. The molecule has 5 nitrogen and oxygen atoms in total. The Labute approximate surface area is 184 Å². The third-order valence-electron chi connectivity index (χ3n) is 4.82. The lowest BCUT2D eigenvalue weighted by Gasteiger charge is -2.20. The second kappa shape index (κ2) is 9.62. The minimum absolute atomic E-state index is 0.231. The average Bonchev–Trinajstić information content (AvgIpc) is 2.90. The van der Waals surface area contributed by atoms with Crippen molar-refractivity contribution in [3.63, 3.8) is 0 Å². The van der Waals surface area contributed by atoms with Crippen molar-refractivity contribution in [2.75, 3.05) is 11.1 Å². The average molecular weight is 445 g/mol. The first-order valence-corrected chi connectivity index (χ1v) is 11.4. The maximum atomic E-state index is 14.6. The van der Waals surface area contributed by atoms with Crippen LogP contribution in [0.5, 0.6) is 5.88 Å². The zero-order valence-electron chi connectivity index (χ0n) is 16.6. The summed E-state index contributed by atoms with van der Waals surface area (Å²) in [7, 11) is 0. The molecule has 1 atom stereocenters. The summed E-state index contributed by atoms with van der Waals surface area (Å²) in [5.74, 6) is 0.772. The molecular formula is C22H22ClFN4OS. The van der Waals surface area contributed by atoms with E-state index in [1.807, 2.05) is 24.3 Å². The maximum absolute atomic E-state index is 14.6. The number of ether oxygens (including phenoxy) is 1. The quantitative estimate of drug-likeness (QED) is 0.331. The van der Waals surface area contributed by atoms with Gasteiger partial charge in [-0.2, -0.15) is 4.98 Å². The molecule has 0 radical (unpaired) electrons. The van der Waals surface area contributed by atoms with E-state index in [2.05, 4.69) is 27.4 Å². The van der Waals surface area contributed by atoms with Gasteiger partial charge in [-0.25, -0.2) is 4.39 Å². The Morgan fingerprint density at radius 1 is 1.10 bits per heavy atom. The summed E-state index contributed by atoms with van der Waals surface area (Å²) in [6, 6.07) is 12.1. The van der Waals surface area contributed by atoms with E-state index in [0.29, 0.717) is 16.7 Å². The first kappa shape index (κ1) is 20.9. The Kier molecular flexibility index (Phi) is 6.69. The van der Waals surface area contributed by atoms with Crippen LogP contribution in [0.4, 0.5) is 10.1 Å². The highest BCUT2D eigenvalue weighted by molar-refractivity contribution is 7.99. The number of nitrogens with zero attached hydrogens (tertiary/aromatic N) is 3. The van der Waals surface area contributed by atoms with Crippen LogP contribution in [0.1, 0.15) is 44.4 Å². The van der Waals surface area contributed by atoms with Crippen LogP contribution in [-0.2, 0) is 0 Å². The third kappa shape index (κ3) is 4.52. The number of anilines is 1. The van der Waals surface area contributed by atoms with E-state index in [1.54, 1.807) is 23.9 Å². The highest BCUT2D eigenvalue weighted by Gasteiger charge is 2.29. The number of fused-ring (bicyclic) bond motifs is 3. The Morgan fingerprint density at radius 2 is 1.97 bits per heavy atom. The van der Waals surface area contributed by atoms with E-state index in [0.717, 1.165) is 23.4 Å². The summed E-state index contributed by atoms with van der Waals surface area (Å²) in [4.78, 5) is 4.59. The number of thioether (sulfide) groups is 1. The first-order chi connectivity index (χ1) is 14.7. The number of nitrogens with one attached hydrogen (secondary N) is 1. The summed E-state index contributed by atoms with van der Waals surface area (Å²) >= 11 is 7.85. The molecule has 1 aliphatic heterocycles. The van der Waals surface area contributed by atoms with Crippen molar-refractivity contribution >= 4 is 29.1 Å². The lowest BCUT2D eigenvalue weighted by Crippen LogP contribution is -2.19. The lowest BCUT2D eigenvalue weighted by molar-refractivity contribution is 0.220. The molecule has 0 fully saturated rings. The number of hydrogen-bond acceptors (Lipinski definition) is 6. The number of rotatable bonds is 7. The van der Waals surface area contributed by atoms with Crippen molar-refractivity contribution in [3.05, 3.63) is 58.9 Å². The topological polar surface area (TPSA) is 59.9 Å². The van der Waals surface area contributed by atoms with Gasteiger partial charge in [-0.1, -0.05) is 73.8 Å². The van der Waals surface area contributed by atoms with Gasteiger partial charge in [0.25, 0.3) is 0 Å². The van der Waals surface area contributed by atoms with Gasteiger partial charge in [0.15, 0.2) is 5.69 Å². The fourth-order valence-corrected chi connectivity index (χ4v) is 4.33. The molecule has 30 heavy (non-hydrogen) atoms. The minimum atomic E-state index is -0.847. The van der Waals surface area contributed by atoms with E-state index < -0.39 is 12.0 Å². The molecule has 8 heteroatoms. The van der Waals surface area contributed by atoms with Crippen molar-refractivity contribution in [3.8, 4) is 17.1 Å². The third-order valence-corrected chi connectivity index (χ3v) is 6.08. The van der Waals surface area contributed by atoms with Crippen molar-refractivity contribution in [1.82, 2.24) is 15.2 Å². The Bertz CT molecular complexity index is 1020. The lowest BCUT2D eigenvalue weighted by atomic mass is 10.1. The number of hydrogen-bond donors (Lipinski definition) is 1. The zero-order chi connectivity index (χ0) is 20.9. The summed E-state index contributed by atoms with van der Waals surface area (Å²) in [6.07, 6.45) is 3.85. The van der Waals surface area contributed by atoms with Gasteiger partial charge < -0.3 is 10.1 Å². The van der Waals surface area contributed by atoms with Crippen LogP contribution in [0.15, 0.2) is 47.6 Å². The van der Waals surface area contributed by atoms with Crippen molar-refractivity contribution < 1.29 is 9.13 Å². The molecular weight excluding hydrogens is 423 g/mol. The van der Waals surface area contributed by atoms with Gasteiger partial charge in [0, 0.05) is 17.0 Å². The normalized spacial score (nSPS) is 14.8. The summed E-state index contributed by atoms with van der Waals surface area (Å²) < 4.78 is 20.7. The van der Waals surface area contributed by atoms with Crippen LogP contribution in [0.25, 0.3) is 11.3 Å². The van der Waals surface area contributed by atoms with Crippen molar-refractivity contribution in [2.24, 2.45) is 0 Å². The predicted octanol–water partition coefficient (Wildman–Crippen LogP) is 6.51. The monoisotopic (exact) mass is 444 g/mol. The van der Waals surface area contributed by atoms with Crippen LogP contribution in [-0.4, -0.2) is 20.9 Å². The highest BCUT2D eigenvalue weighted by atomic mass is 35.5. The van der Waals surface area contributed by atoms with E-state index >= 15 is 0 Å². The standard InChI is InChI=1S/C22H22ClFN4OS/c1-2-3-4-7-13-30-22-26-21-19(27-28-22)14-9-5-6-12-17(14)25-20(29-21)18-15(23)10-8-11-16(18)24/h5-6,8-12,20,25H,2-4,7,13H2,1H3. The van der Waals surface area contributed by atoms with Gasteiger partial charge >= 0.3 is 0 Å². The second-order valence-corrected chi connectivity index (χ2v) is 8.45. The molecule has 1 N–H and O–H groups in total. The molecule has 0 bridgehead atoms. The number of para-hydroxylation sites is 1. The van der Waals surface area contributed by atoms with Crippen LogP contribution in [0.3, 0.4) is 0 Å². The Balaban J connectivity index is 1.67. The molecule has 3 aromatic rings. The molecule has 1 aliphatic rings. The van der Waals surface area contributed by atoms with Crippen molar-refractivity contribution in [1.29, 1.82) is 0 Å². The molecule has 0 saturated carbocycles. The molecule has 0 spiro atoms. The molecule has 156 valence electrons. The first-order valence-electron chi connectivity index (χ1n) is 10.0. The largest absolute Gasteiger partial charge is 0.448 e. The van der Waals surface area contributed by atoms with Crippen LogP contribution in [0.2, 0.25) is 5.02 Å². The van der Waals surface area contributed by atoms with Gasteiger partial charge in [-0.15, -0.1) is 10.2 Å². The molecule has 4 rings (SSSR count). The highest BCUT2D eigenvalue weighted by Crippen LogP contribution is 2.41. The zero-order valence-corrected chi connectivity index (χ0v) is 18.1. The summed E-state index contributed by atoms with van der Waals surface area (Å²) in [5, 5.41) is 12.7. The Hall–Kier alpha value is -2.38. The Morgan fingerprint density at radius 3 is 2.80 bits per heavy atom. The van der Waals surface area contributed by atoms with Gasteiger partial charge in [0.1, 0.15) is 5.82 Å². The molecule has 0 aliphatic carbocycles. The minimum Gasteiger partial charge on any atom is -0.448 e. The predicted molar refractivity (Wildman–Crippen MR) is 119 cm³/mol. The van der Waals surface area contributed by atoms with Gasteiger partial charge in [-0.3, -0.25) is 0 Å². The second-order valence-electron chi connectivity index (χ2n) is 6.98. The number of halogens is 2. The summed E-state index contributed by atoms with van der Waals surface area (Å²) in [6.45, 7) is 2.19. The smallest absolute Gasteiger partial charge is 0.247 e. The van der Waals surface area contributed by atoms with Crippen LogP contribution >= 0.6 is 23.4 Å². The molecule has 1 aromatic heterocycles. The van der Waals surface area contributed by atoms with Crippen LogP contribution < -0.4 is 10.1 Å². The van der Waals surface area contributed by atoms with E-state index in [-0.39, 0.29) is 10.6 Å². The molecule has 0 saturated heterocycles. The number of aromatic nitrogens is 3. The number of benzene rings is 2. The van der Waals surface area contributed by atoms with Crippen LogP contribution in [0, 0.1) is 5.82 Å². The van der Waals surface area contributed by atoms with Gasteiger partial charge in [0.05, 0.1) is 10.6 Å². The molecule has 2 aromatic carbocycles. The van der Waals surface area contributed by atoms with E-state index in [4.69, 9.17) is 16.3 Å². The van der Waals surface area contributed by atoms with E-state index in [1.165, 1.54) is 25.3 Å². The van der Waals surface area contributed by atoms with E-state index in [9.17, 15) is 4.39 Å². The van der Waals surface area contributed by atoms with Crippen molar-refractivity contribution in [2.45, 2.75) is 44.0 Å². The molecule has 2 heterocycles.